The van der Waals surface area contributed by atoms with E-state index in [1.165, 1.54) is 0 Å². The van der Waals surface area contributed by atoms with Gasteiger partial charge in [0.25, 0.3) is 0 Å². The molecule has 0 aliphatic carbocycles. The summed E-state index contributed by atoms with van der Waals surface area (Å²) in [7, 11) is 4.16. The third-order valence-corrected chi connectivity index (χ3v) is 4.96. The fourth-order valence-electron chi connectivity index (χ4n) is 3.25. The number of hydrogen-bond donors (Lipinski definition) is 2. The molecule has 1 fully saturated rings. The van der Waals surface area contributed by atoms with Crippen molar-refractivity contribution in [1.82, 2.24) is 20.5 Å². The third kappa shape index (κ3) is 9.23. The molecular weight excluding hydrogens is 503 g/mol. The summed E-state index contributed by atoms with van der Waals surface area (Å²) < 4.78 is 5.86. The molecular formula is C20H36ClIN6O. The minimum atomic E-state index is 0. The van der Waals surface area contributed by atoms with Crippen molar-refractivity contribution in [2.75, 3.05) is 58.3 Å². The summed E-state index contributed by atoms with van der Waals surface area (Å²) >= 11 is 6.30. The van der Waals surface area contributed by atoms with Gasteiger partial charge in [-0.1, -0.05) is 11.6 Å². The lowest BCUT2D eigenvalue weighted by molar-refractivity contribution is 0.0582. The number of aliphatic imine (C=N–C) groups is 1. The number of halogens is 2. The Bertz CT molecular complexity index is 618. The Morgan fingerprint density at radius 2 is 2.24 bits per heavy atom. The highest BCUT2D eigenvalue weighted by atomic mass is 127. The maximum absolute atomic E-state index is 6.30. The molecule has 1 aromatic rings. The number of pyridine rings is 1. The van der Waals surface area contributed by atoms with Gasteiger partial charge in [-0.25, -0.2) is 4.98 Å². The molecule has 1 saturated heterocycles. The Kier molecular flexibility index (Phi) is 12.8. The van der Waals surface area contributed by atoms with Crippen LogP contribution < -0.4 is 15.5 Å². The highest BCUT2D eigenvalue weighted by Crippen LogP contribution is 2.25. The molecule has 1 aliphatic rings. The molecule has 2 N–H and O–H groups in total. The van der Waals surface area contributed by atoms with Crippen molar-refractivity contribution in [3.05, 3.63) is 23.4 Å². The van der Waals surface area contributed by atoms with Gasteiger partial charge in [-0.2, -0.15) is 0 Å². The highest BCUT2D eigenvalue weighted by molar-refractivity contribution is 14.0. The van der Waals surface area contributed by atoms with Gasteiger partial charge in [-0.05, 0) is 52.9 Å². The lowest BCUT2D eigenvalue weighted by Crippen LogP contribution is -2.45. The van der Waals surface area contributed by atoms with Crippen LogP contribution in [0.25, 0.3) is 0 Å². The van der Waals surface area contributed by atoms with Crippen LogP contribution in [-0.4, -0.2) is 81.4 Å². The maximum atomic E-state index is 6.30. The molecule has 9 heteroatoms. The lowest BCUT2D eigenvalue weighted by atomic mass is 10.2. The summed E-state index contributed by atoms with van der Waals surface area (Å²) in [6.45, 7) is 9.08. The molecule has 2 rings (SSSR count). The predicted molar refractivity (Wildman–Crippen MR) is 133 cm³/mol. The van der Waals surface area contributed by atoms with Crippen LogP contribution in [0.1, 0.15) is 26.7 Å². The fraction of sp³-hybridized carbons (Fsp3) is 0.700. The van der Waals surface area contributed by atoms with Crippen LogP contribution in [0.2, 0.25) is 5.02 Å². The van der Waals surface area contributed by atoms with Gasteiger partial charge in [0.2, 0.25) is 0 Å². The van der Waals surface area contributed by atoms with E-state index >= 15 is 0 Å². The van der Waals surface area contributed by atoms with Crippen molar-refractivity contribution >= 4 is 47.4 Å². The first-order valence-electron chi connectivity index (χ1n) is 10.2. The number of anilines is 1. The maximum Gasteiger partial charge on any atom is 0.191 e. The van der Waals surface area contributed by atoms with Gasteiger partial charge in [0.15, 0.2) is 5.96 Å². The molecule has 0 radical (unpaired) electrons. The molecule has 0 amide bonds. The molecule has 29 heavy (non-hydrogen) atoms. The lowest BCUT2D eigenvalue weighted by Gasteiger charge is -2.21. The fourth-order valence-corrected chi connectivity index (χ4v) is 3.49. The number of ether oxygens (including phenoxy) is 1. The second-order valence-electron chi connectivity index (χ2n) is 7.27. The third-order valence-electron chi connectivity index (χ3n) is 4.67. The van der Waals surface area contributed by atoms with Gasteiger partial charge in [0.05, 0.1) is 17.7 Å². The molecule has 2 heterocycles. The summed E-state index contributed by atoms with van der Waals surface area (Å²) in [4.78, 5) is 13.6. The van der Waals surface area contributed by atoms with E-state index in [1.807, 2.05) is 19.1 Å². The van der Waals surface area contributed by atoms with Crippen LogP contribution in [0, 0.1) is 0 Å². The van der Waals surface area contributed by atoms with Crippen LogP contribution in [0.5, 0.6) is 0 Å². The summed E-state index contributed by atoms with van der Waals surface area (Å²) in [5.41, 5.74) is 0. The average Bonchev–Trinajstić information content (AvgIpc) is 3.12. The van der Waals surface area contributed by atoms with Gasteiger partial charge in [0.1, 0.15) is 5.82 Å². The molecule has 0 bridgehead atoms. The minimum Gasteiger partial charge on any atom is -0.377 e. The molecule has 2 atom stereocenters. The zero-order valence-electron chi connectivity index (χ0n) is 18.0. The Morgan fingerprint density at radius 1 is 1.45 bits per heavy atom. The average molecular weight is 539 g/mol. The molecule has 0 saturated carbocycles. The van der Waals surface area contributed by atoms with Gasteiger partial charge in [-0.3, -0.25) is 4.99 Å². The topological polar surface area (TPSA) is 65.0 Å². The monoisotopic (exact) mass is 538 g/mol. The minimum absolute atomic E-state index is 0. The van der Waals surface area contributed by atoms with E-state index in [4.69, 9.17) is 21.3 Å². The van der Waals surface area contributed by atoms with Crippen LogP contribution in [0.3, 0.4) is 0 Å². The number of guanidine groups is 1. The van der Waals surface area contributed by atoms with E-state index in [0.717, 1.165) is 50.8 Å². The van der Waals surface area contributed by atoms with Crippen molar-refractivity contribution in [1.29, 1.82) is 0 Å². The van der Waals surface area contributed by atoms with Crippen LogP contribution >= 0.6 is 35.6 Å². The van der Waals surface area contributed by atoms with Gasteiger partial charge in [0, 0.05) is 45.0 Å². The zero-order valence-corrected chi connectivity index (χ0v) is 21.1. The van der Waals surface area contributed by atoms with Crippen LogP contribution in [0.4, 0.5) is 5.82 Å². The molecule has 1 aromatic heterocycles. The van der Waals surface area contributed by atoms with E-state index in [-0.39, 0.29) is 30.1 Å². The normalized spacial score (nSPS) is 17.9. The number of rotatable bonds is 10. The molecule has 7 nitrogen and oxygen atoms in total. The first-order chi connectivity index (χ1) is 13.5. The van der Waals surface area contributed by atoms with Crippen molar-refractivity contribution in [2.45, 2.75) is 38.8 Å². The van der Waals surface area contributed by atoms with Gasteiger partial charge in [-0.15, -0.1) is 24.0 Å². The second kappa shape index (κ2) is 14.2. The van der Waals surface area contributed by atoms with E-state index in [0.29, 0.717) is 24.2 Å². The molecule has 1 aliphatic heterocycles. The largest absolute Gasteiger partial charge is 0.377 e. The van der Waals surface area contributed by atoms with Crippen molar-refractivity contribution in [3.63, 3.8) is 0 Å². The Labute approximate surface area is 197 Å². The molecule has 0 aromatic carbocycles. The summed E-state index contributed by atoms with van der Waals surface area (Å²) in [6.07, 6.45) is 3.91. The Morgan fingerprint density at radius 3 is 2.90 bits per heavy atom. The van der Waals surface area contributed by atoms with Crippen molar-refractivity contribution < 1.29 is 4.74 Å². The van der Waals surface area contributed by atoms with E-state index < -0.39 is 0 Å². The number of nitrogens with zero attached hydrogens (tertiary/aromatic N) is 4. The SMILES string of the molecule is CCNC(=NCC(CCN(C)C)OCC)NC1CCN(c2ncccc2Cl)C1.I. The predicted octanol–water partition coefficient (Wildman–Crippen LogP) is 2.84. The van der Waals surface area contributed by atoms with Crippen molar-refractivity contribution in [2.24, 2.45) is 4.99 Å². The number of hydrogen-bond acceptors (Lipinski definition) is 5. The van der Waals surface area contributed by atoms with E-state index in [9.17, 15) is 0 Å². The van der Waals surface area contributed by atoms with Crippen LogP contribution in [-0.2, 0) is 4.74 Å². The second-order valence-corrected chi connectivity index (χ2v) is 7.68. The smallest absolute Gasteiger partial charge is 0.191 e. The Hall–Kier alpha value is -0.840. The van der Waals surface area contributed by atoms with Crippen LogP contribution in [0.15, 0.2) is 23.3 Å². The van der Waals surface area contributed by atoms with E-state index in [1.54, 1.807) is 6.20 Å². The number of nitrogens with one attached hydrogen (secondary N) is 2. The first-order valence-corrected chi connectivity index (χ1v) is 10.6. The van der Waals surface area contributed by atoms with Gasteiger partial charge >= 0.3 is 0 Å². The first kappa shape index (κ1) is 26.2. The molecule has 2 unspecified atom stereocenters. The Balaban J connectivity index is 0.00000420. The number of aromatic nitrogens is 1. The van der Waals surface area contributed by atoms with E-state index in [2.05, 4.69) is 46.4 Å². The highest BCUT2D eigenvalue weighted by Gasteiger charge is 2.25. The van der Waals surface area contributed by atoms with Gasteiger partial charge < -0.3 is 25.2 Å². The zero-order chi connectivity index (χ0) is 20.4. The standard InChI is InChI=1S/C20H35ClN6O.HI/c1-5-22-20(24-14-17(28-6-2)10-12-26(3)4)25-16-9-13-27(15-16)19-18(21)8-7-11-23-19;/h7-8,11,16-17H,5-6,9-10,12-15H2,1-4H3,(H2,22,24,25);1H. The quantitative estimate of drug-likeness (QED) is 0.271. The summed E-state index contributed by atoms with van der Waals surface area (Å²) in [5.74, 6) is 1.70. The molecule has 0 spiro atoms. The summed E-state index contributed by atoms with van der Waals surface area (Å²) in [5, 5.41) is 7.61. The summed E-state index contributed by atoms with van der Waals surface area (Å²) in [6, 6.07) is 4.05. The molecule has 166 valence electrons. The van der Waals surface area contributed by atoms with Crippen molar-refractivity contribution in [3.8, 4) is 0 Å².